The number of allylic oxidation sites excluding steroid dienone is 1. The summed E-state index contributed by atoms with van der Waals surface area (Å²) in [6.45, 7) is 9.43. The largest absolute Gasteiger partial charge is 0.501 e. The van der Waals surface area contributed by atoms with Crippen LogP contribution in [0, 0.1) is 5.41 Å². The molecule has 21 heteroatoms. The van der Waals surface area contributed by atoms with E-state index < -0.39 is 46.8 Å². The molecule has 0 radical (unpaired) electrons. The van der Waals surface area contributed by atoms with Crippen molar-refractivity contribution >= 4 is 65.3 Å². The van der Waals surface area contributed by atoms with E-state index >= 15 is 0 Å². The van der Waals surface area contributed by atoms with E-state index in [1.165, 1.54) is 23.4 Å². The molecule has 364 valence electrons. The third kappa shape index (κ3) is 11.3. The second-order valence-electron chi connectivity index (χ2n) is 17.7. The fourth-order valence-electron chi connectivity index (χ4n) is 8.90. The maximum atomic E-state index is 14.0. The minimum absolute atomic E-state index is 0.0000361. The van der Waals surface area contributed by atoms with Crippen LogP contribution < -0.4 is 25.4 Å². The van der Waals surface area contributed by atoms with Gasteiger partial charge in [-0.3, -0.25) is 14.6 Å². The molecular weight excluding hydrogens is 945 g/mol. The fraction of sp³-hybridized carbons (Fsp3) is 0.404. The van der Waals surface area contributed by atoms with Crippen LogP contribution in [0.25, 0.3) is 16.6 Å². The Kier molecular flexibility index (Phi) is 14.8. The number of amides is 1. The van der Waals surface area contributed by atoms with Gasteiger partial charge in [0.05, 0.1) is 35.6 Å². The third-order valence-electron chi connectivity index (χ3n) is 12.9. The van der Waals surface area contributed by atoms with Gasteiger partial charge >= 0.3 is 5.51 Å². The van der Waals surface area contributed by atoms with Crippen molar-refractivity contribution in [3.05, 3.63) is 107 Å². The van der Waals surface area contributed by atoms with E-state index in [0.29, 0.717) is 86.7 Å². The van der Waals surface area contributed by atoms with Crippen LogP contribution in [0.2, 0.25) is 5.02 Å². The standard InChI is InChI=1S/C47H54ClF3N8O7S2/c1-46(31-52)13-11-39(32-3-5-35(48)6-4-32)34(28-46)30-58-17-19-59(20-18-58)36-7-9-40(42(26-36)66-37-25-33-12-15-54-44(33)55-29-37)45(60)56-68(63,64)38-8-10-41(43(27-38)67(61,62)47(49,50)51)53-14-2-16-57-21-23-65-24-22-57/h3-10,12,15,25-27,29,53H,2,11,13-14,16-24,28,30-31,52H2,1H3,(H,54,55)(H,56,60). The number of ether oxygens (including phenoxy) is 2. The van der Waals surface area contributed by atoms with Crippen LogP contribution in [0.1, 0.15) is 48.5 Å². The topological polar surface area (TPSA) is 192 Å². The number of alkyl halides is 3. The number of sulfonamides is 1. The molecule has 2 fully saturated rings. The molecule has 4 heterocycles. The first-order valence-electron chi connectivity index (χ1n) is 22.4. The Morgan fingerprint density at radius 1 is 0.956 bits per heavy atom. The molecule has 2 aliphatic heterocycles. The Morgan fingerprint density at radius 3 is 2.43 bits per heavy atom. The number of halogens is 4. The van der Waals surface area contributed by atoms with E-state index in [-0.39, 0.29) is 29.0 Å². The number of hydrogen-bond acceptors (Lipinski definition) is 13. The fourth-order valence-corrected chi connectivity index (χ4v) is 11.1. The zero-order valence-corrected chi connectivity index (χ0v) is 39.8. The molecule has 15 nitrogen and oxygen atoms in total. The summed E-state index contributed by atoms with van der Waals surface area (Å²) in [5.41, 5.74) is 5.00. The predicted octanol–water partition coefficient (Wildman–Crippen LogP) is 7.28. The molecular formula is C47H54ClF3N8O7S2. The summed E-state index contributed by atoms with van der Waals surface area (Å²) in [6.07, 6.45) is 6.40. The third-order valence-corrected chi connectivity index (χ3v) is 16.0. The Balaban J connectivity index is 1.02. The summed E-state index contributed by atoms with van der Waals surface area (Å²) in [5.74, 6) is -0.945. The minimum Gasteiger partial charge on any atom is -0.455 e. The average molecular weight is 1000 g/mol. The highest BCUT2D eigenvalue weighted by Crippen LogP contribution is 2.43. The molecule has 68 heavy (non-hydrogen) atoms. The normalized spacial score (nSPS) is 19.1. The predicted molar refractivity (Wildman–Crippen MR) is 255 cm³/mol. The number of pyridine rings is 1. The molecule has 0 saturated carbocycles. The zero-order valence-electron chi connectivity index (χ0n) is 37.4. The number of aromatic amines is 1. The van der Waals surface area contributed by atoms with Crippen molar-refractivity contribution in [2.45, 2.75) is 47.9 Å². The maximum absolute atomic E-state index is 14.0. The smallest absolute Gasteiger partial charge is 0.455 e. The van der Waals surface area contributed by atoms with Gasteiger partial charge in [-0.2, -0.15) is 13.2 Å². The van der Waals surface area contributed by atoms with Gasteiger partial charge in [-0.1, -0.05) is 36.2 Å². The van der Waals surface area contributed by atoms with Gasteiger partial charge in [0.25, 0.3) is 25.8 Å². The molecule has 5 aromatic rings. The minimum atomic E-state index is -6.04. The summed E-state index contributed by atoms with van der Waals surface area (Å²) < 4.78 is 109. The maximum Gasteiger partial charge on any atom is 0.501 e. The van der Waals surface area contributed by atoms with Crippen molar-refractivity contribution in [2.24, 2.45) is 11.1 Å². The second kappa shape index (κ2) is 20.4. The number of sulfone groups is 1. The number of fused-ring (bicyclic) bond motifs is 1. The number of nitrogens with two attached hydrogens (primary N) is 1. The number of carbonyl (C=O) groups is 1. The molecule has 1 atom stereocenters. The van der Waals surface area contributed by atoms with E-state index in [1.54, 1.807) is 30.5 Å². The molecule has 3 aromatic carbocycles. The molecule has 8 rings (SSSR count). The van der Waals surface area contributed by atoms with E-state index in [9.17, 15) is 34.8 Å². The van der Waals surface area contributed by atoms with Gasteiger partial charge in [0, 0.05) is 80.7 Å². The van der Waals surface area contributed by atoms with Crippen LogP contribution >= 0.6 is 11.6 Å². The summed E-state index contributed by atoms with van der Waals surface area (Å²) in [6, 6.07) is 18.4. The lowest BCUT2D eigenvalue weighted by Gasteiger charge is -2.40. The molecule has 1 amide bonds. The van der Waals surface area contributed by atoms with Crippen LogP contribution in [0.4, 0.5) is 24.5 Å². The highest BCUT2D eigenvalue weighted by Gasteiger charge is 2.48. The first-order chi connectivity index (χ1) is 32.4. The van der Waals surface area contributed by atoms with Crippen molar-refractivity contribution in [1.29, 1.82) is 0 Å². The Hall–Kier alpha value is -5.22. The van der Waals surface area contributed by atoms with Crippen molar-refractivity contribution < 1.29 is 44.3 Å². The first kappa shape index (κ1) is 49.2. The number of piperazine rings is 1. The van der Waals surface area contributed by atoms with Crippen molar-refractivity contribution in [3.63, 3.8) is 0 Å². The Morgan fingerprint density at radius 2 is 1.71 bits per heavy atom. The number of nitrogens with zero attached hydrogens (tertiary/aromatic N) is 4. The molecule has 1 unspecified atom stereocenters. The van der Waals surface area contributed by atoms with Crippen molar-refractivity contribution in [2.75, 3.05) is 88.9 Å². The molecule has 1 aliphatic carbocycles. The highest BCUT2D eigenvalue weighted by molar-refractivity contribution is 7.92. The van der Waals surface area contributed by atoms with Crippen LogP contribution in [-0.2, 0) is 24.6 Å². The van der Waals surface area contributed by atoms with Gasteiger partial charge in [0.2, 0.25) is 0 Å². The zero-order chi connectivity index (χ0) is 48.3. The van der Waals surface area contributed by atoms with Crippen LogP contribution in [0.3, 0.4) is 0 Å². The molecule has 3 aliphatic rings. The molecule has 0 bridgehead atoms. The SMILES string of the molecule is CC1(CN)CCC(c2ccc(Cl)cc2)=C(CN2CCN(c3ccc(C(=O)NS(=O)(=O)c4ccc(NCCCN5CCOCC5)c(S(=O)(=O)C(F)(F)F)c4)c(Oc4cnc5[nH]ccc5c4)c3)CC2)C1. The Bertz CT molecular complexity index is 2890. The van der Waals surface area contributed by atoms with E-state index in [2.05, 4.69) is 49.0 Å². The number of rotatable bonds is 16. The van der Waals surface area contributed by atoms with Gasteiger partial charge in [-0.05, 0) is 110 Å². The quantitative estimate of drug-likeness (QED) is 0.0722. The highest BCUT2D eigenvalue weighted by atomic mass is 35.5. The number of aromatic nitrogens is 2. The Labute approximate surface area is 398 Å². The van der Waals surface area contributed by atoms with Gasteiger partial charge in [-0.15, -0.1) is 0 Å². The second-order valence-corrected chi connectivity index (χ2v) is 21.7. The van der Waals surface area contributed by atoms with Gasteiger partial charge in [0.1, 0.15) is 22.0 Å². The van der Waals surface area contributed by atoms with Crippen molar-refractivity contribution in [1.82, 2.24) is 24.5 Å². The molecule has 2 saturated heterocycles. The van der Waals surface area contributed by atoms with Gasteiger partial charge in [0.15, 0.2) is 0 Å². The molecule has 5 N–H and O–H groups in total. The monoisotopic (exact) mass is 998 g/mol. The number of H-pyrrole nitrogens is 1. The summed E-state index contributed by atoms with van der Waals surface area (Å²) >= 11 is 6.23. The molecule has 2 aromatic heterocycles. The van der Waals surface area contributed by atoms with Gasteiger partial charge in [-0.25, -0.2) is 26.5 Å². The number of nitrogens with one attached hydrogen (secondary N) is 3. The van der Waals surface area contributed by atoms with Crippen LogP contribution in [-0.4, -0.2) is 127 Å². The van der Waals surface area contributed by atoms with E-state index in [0.717, 1.165) is 56.6 Å². The lowest BCUT2D eigenvalue weighted by Crippen LogP contribution is -2.47. The number of anilines is 2. The lowest BCUT2D eigenvalue weighted by atomic mass is 9.71. The number of benzene rings is 3. The number of hydrogen-bond donors (Lipinski definition) is 4. The summed E-state index contributed by atoms with van der Waals surface area (Å²) in [4.78, 5) is 25.9. The summed E-state index contributed by atoms with van der Waals surface area (Å²) in [7, 11) is -11.0. The number of carbonyl (C=O) groups excluding carboxylic acids is 1. The molecule has 0 spiro atoms. The van der Waals surface area contributed by atoms with E-state index in [1.807, 2.05) is 16.9 Å². The van der Waals surface area contributed by atoms with Crippen LogP contribution in [0.15, 0.2) is 101 Å². The van der Waals surface area contributed by atoms with Crippen molar-refractivity contribution in [3.8, 4) is 11.5 Å². The first-order valence-corrected chi connectivity index (χ1v) is 25.7. The van der Waals surface area contributed by atoms with Crippen LogP contribution in [0.5, 0.6) is 11.5 Å². The lowest BCUT2D eigenvalue weighted by molar-refractivity contribution is -0.0435. The average Bonchev–Trinajstić information content (AvgIpc) is 3.79. The summed E-state index contributed by atoms with van der Waals surface area (Å²) in [5, 5.41) is 4.12. The number of morpholine rings is 1. The van der Waals surface area contributed by atoms with E-state index in [4.69, 9.17) is 26.8 Å². The van der Waals surface area contributed by atoms with Gasteiger partial charge < -0.3 is 30.4 Å².